The molecule has 1 amide bonds. The number of nitrogens with zero attached hydrogens (tertiary/aromatic N) is 2. The van der Waals surface area contributed by atoms with Gasteiger partial charge < -0.3 is 10.4 Å². The molecule has 1 atom stereocenters. The number of hydrogen-bond acceptors (Lipinski definition) is 4. The Hall–Kier alpha value is -1.95. The molecule has 0 saturated carbocycles. The second-order valence-corrected chi connectivity index (χ2v) is 5.39. The van der Waals surface area contributed by atoms with Crippen LogP contribution >= 0.6 is 0 Å². The van der Waals surface area contributed by atoms with Crippen molar-refractivity contribution in [2.75, 3.05) is 19.6 Å². The van der Waals surface area contributed by atoms with Crippen LogP contribution in [0.4, 0.5) is 0 Å². The molecule has 0 radical (unpaired) electrons. The summed E-state index contributed by atoms with van der Waals surface area (Å²) in [5, 5.41) is 11.8. The van der Waals surface area contributed by atoms with Gasteiger partial charge in [-0.3, -0.25) is 14.7 Å². The number of amides is 1. The highest BCUT2D eigenvalue weighted by Gasteiger charge is 2.24. The molecular weight excluding hydrogens is 270 g/mol. The molecular formula is C15H21N3O3. The molecule has 1 saturated heterocycles. The Bertz CT molecular complexity index is 519. The van der Waals surface area contributed by atoms with Gasteiger partial charge >= 0.3 is 5.97 Å². The highest BCUT2D eigenvalue weighted by molar-refractivity contribution is 5.87. The zero-order chi connectivity index (χ0) is 15.2. The van der Waals surface area contributed by atoms with E-state index in [1.54, 1.807) is 6.07 Å². The minimum absolute atomic E-state index is 0.107. The number of nitrogens with one attached hydrogen (secondary N) is 1. The molecule has 0 unspecified atom stereocenters. The molecule has 1 fully saturated rings. The number of carbonyl (C=O) groups excluding carboxylic acids is 1. The fourth-order valence-electron chi connectivity index (χ4n) is 2.68. The second kappa shape index (κ2) is 7.17. The normalized spacial score (nSPS) is 18.6. The van der Waals surface area contributed by atoms with Gasteiger partial charge in [0.2, 0.25) is 5.91 Å². The van der Waals surface area contributed by atoms with Gasteiger partial charge in [0.25, 0.3) is 0 Å². The van der Waals surface area contributed by atoms with Gasteiger partial charge in [-0.25, -0.2) is 4.79 Å². The van der Waals surface area contributed by atoms with E-state index in [1.165, 1.54) is 12.3 Å². The third kappa shape index (κ3) is 4.53. The first kappa shape index (κ1) is 15.4. The van der Waals surface area contributed by atoms with Crippen LogP contribution in [-0.4, -0.2) is 46.5 Å². The zero-order valence-corrected chi connectivity index (χ0v) is 12.2. The van der Waals surface area contributed by atoms with E-state index in [4.69, 9.17) is 5.11 Å². The first-order valence-corrected chi connectivity index (χ1v) is 7.25. The van der Waals surface area contributed by atoms with E-state index < -0.39 is 5.97 Å². The topological polar surface area (TPSA) is 82.5 Å². The molecule has 1 aromatic heterocycles. The van der Waals surface area contributed by atoms with Gasteiger partial charge in [0.15, 0.2) is 0 Å². The van der Waals surface area contributed by atoms with E-state index in [2.05, 4.69) is 15.2 Å². The highest BCUT2D eigenvalue weighted by atomic mass is 16.4. The van der Waals surface area contributed by atoms with E-state index in [1.807, 2.05) is 6.92 Å². The lowest BCUT2D eigenvalue weighted by molar-refractivity contribution is -0.121. The summed E-state index contributed by atoms with van der Waals surface area (Å²) in [7, 11) is 0. The molecule has 2 heterocycles. The second-order valence-electron chi connectivity index (χ2n) is 5.39. The number of aromatic carboxylic acids is 1. The number of rotatable bonds is 6. The van der Waals surface area contributed by atoms with Gasteiger partial charge in [-0.2, -0.15) is 0 Å². The van der Waals surface area contributed by atoms with Crippen molar-refractivity contribution in [2.45, 2.75) is 26.3 Å². The zero-order valence-electron chi connectivity index (χ0n) is 12.2. The molecule has 2 rings (SSSR count). The fraction of sp³-hybridized carbons (Fsp3) is 0.533. The van der Waals surface area contributed by atoms with Gasteiger partial charge in [0.1, 0.15) is 0 Å². The van der Waals surface area contributed by atoms with Crippen molar-refractivity contribution in [1.29, 1.82) is 0 Å². The summed E-state index contributed by atoms with van der Waals surface area (Å²) in [5.41, 5.74) is 1.02. The smallest absolute Gasteiger partial charge is 0.335 e. The van der Waals surface area contributed by atoms with Crippen molar-refractivity contribution >= 4 is 11.9 Å². The Morgan fingerprint density at radius 2 is 2.33 bits per heavy atom. The summed E-state index contributed by atoms with van der Waals surface area (Å²) in [6.45, 7) is 4.99. The van der Waals surface area contributed by atoms with E-state index in [0.717, 1.165) is 25.2 Å². The summed E-state index contributed by atoms with van der Waals surface area (Å²) in [6, 6.07) is 3.10. The Balaban J connectivity index is 1.86. The lowest BCUT2D eigenvalue weighted by atomic mass is 10.0. The van der Waals surface area contributed by atoms with Crippen molar-refractivity contribution in [1.82, 2.24) is 15.2 Å². The number of pyridine rings is 1. The first-order chi connectivity index (χ1) is 10.1. The molecule has 1 aliphatic rings. The summed E-state index contributed by atoms with van der Waals surface area (Å²) >= 11 is 0. The number of carboxylic acid groups (broad SMARTS) is 1. The molecule has 6 nitrogen and oxygen atoms in total. The van der Waals surface area contributed by atoms with E-state index in [-0.39, 0.29) is 11.5 Å². The van der Waals surface area contributed by atoms with Crippen LogP contribution in [0.25, 0.3) is 0 Å². The predicted octanol–water partition coefficient (Wildman–Crippen LogP) is 1.13. The Kier molecular flexibility index (Phi) is 5.27. The number of carboxylic acids is 1. The summed E-state index contributed by atoms with van der Waals surface area (Å²) < 4.78 is 0. The number of likely N-dealkylation sites (tertiary alicyclic amines) is 1. The maximum Gasteiger partial charge on any atom is 0.335 e. The highest BCUT2D eigenvalue weighted by Crippen LogP contribution is 2.21. The van der Waals surface area contributed by atoms with Crippen LogP contribution in [0.15, 0.2) is 18.3 Å². The van der Waals surface area contributed by atoms with Crippen molar-refractivity contribution < 1.29 is 14.7 Å². The van der Waals surface area contributed by atoms with Crippen LogP contribution < -0.4 is 5.32 Å². The van der Waals surface area contributed by atoms with E-state index in [9.17, 15) is 9.59 Å². The van der Waals surface area contributed by atoms with Crippen LogP contribution in [0.2, 0.25) is 0 Å². The van der Waals surface area contributed by atoms with E-state index in [0.29, 0.717) is 25.4 Å². The lowest BCUT2D eigenvalue weighted by Gasteiger charge is -2.15. The number of aromatic nitrogens is 1. The van der Waals surface area contributed by atoms with Crippen molar-refractivity contribution in [2.24, 2.45) is 5.92 Å². The molecule has 0 bridgehead atoms. The average molecular weight is 291 g/mol. The maximum absolute atomic E-state index is 11.6. The van der Waals surface area contributed by atoms with Gasteiger partial charge in [-0.1, -0.05) is 0 Å². The third-order valence-electron chi connectivity index (χ3n) is 3.67. The lowest BCUT2D eigenvalue weighted by Crippen LogP contribution is -2.26. The Morgan fingerprint density at radius 1 is 1.52 bits per heavy atom. The SMILES string of the molecule is CCNC(=O)C[C@H]1CCN(Cc2cc(C(=O)O)ccn2)C1. The first-order valence-electron chi connectivity index (χ1n) is 7.25. The van der Waals surface area contributed by atoms with Crippen molar-refractivity contribution in [3.63, 3.8) is 0 Å². The largest absolute Gasteiger partial charge is 0.478 e. The molecule has 2 N–H and O–H groups in total. The molecule has 1 aromatic rings. The quantitative estimate of drug-likeness (QED) is 0.821. The van der Waals surface area contributed by atoms with Gasteiger partial charge in [0, 0.05) is 32.3 Å². The monoisotopic (exact) mass is 291 g/mol. The number of hydrogen-bond donors (Lipinski definition) is 2. The van der Waals surface area contributed by atoms with Crippen molar-refractivity contribution in [3.05, 3.63) is 29.6 Å². The minimum atomic E-state index is -0.936. The molecule has 114 valence electrons. The predicted molar refractivity (Wildman–Crippen MR) is 77.9 cm³/mol. The Labute approximate surface area is 124 Å². The van der Waals surface area contributed by atoms with Crippen LogP contribution in [0, 0.1) is 5.92 Å². The molecule has 6 heteroatoms. The molecule has 0 spiro atoms. The van der Waals surface area contributed by atoms with Gasteiger partial charge in [-0.05, 0) is 37.9 Å². The summed E-state index contributed by atoms with van der Waals surface area (Å²) in [6.07, 6.45) is 3.09. The van der Waals surface area contributed by atoms with Crippen LogP contribution in [0.3, 0.4) is 0 Å². The third-order valence-corrected chi connectivity index (χ3v) is 3.67. The summed E-state index contributed by atoms with van der Waals surface area (Å²) in [5.74, 6) is -0.455. The maximum atomic E-state index is 11.6. The fourth-order valence-corrected chi connectivity index (χ4v) is 2.68. The standard InChI is InChI=1S/C15H21N3O3/c1-2-16-14(19)7-11-4-6-18(9-11)10-13-8-12(15(20)21)3-5-17-13/h3,5,8,11H,2,4,6-7,9-10H2,1H3,(H,16,19)(H,20,21)/t11-/m1/s1. The average Bonchev–Trinajstić information content (AvgIpc) is 2.86. The van der Waals surface area contributed by atoms with Crippen LogP contribution in [0.1, 0.15) is 35.8 Å². The molecule has 21 heavy (non-hydrogen) atoms. The van der Waals surface area contributed by atoms with Crippen LogP contribution in [-0.2, 0) is 11.3 Å². The van der Waals surface area contributed by atoms with Gasteiger partial charge in [-0.15, -0.1) is 0 Å². The molecule has 0 aromatic carbocycles. The summed E-state index contributed by atoms with van der Waals surface area (Å²) in [4.78, 5) is 29.0. The molecule has 1 aliphatic heterocycles. The minimum Gasteiger partial charge on any atom is -0.478 e. The van der Waals surface area contributed by atoms with Crippen molar-refractivity contribution in [3.8, 4) is 0 Å². The Morgan fingerprint density at radius 3 is 3.05 bits per heavy atom. The van der Waals surface area contributed by atoms with Crippen LogP contribution in [0.5, 0.6) is 0 Å². The molecule has 0 aliphatic carbocycles. The van der Waals surface area contributed by atoms with E-state index >= 15 is 0 Å². The van der Waals surface area contributed by atoms with Gasteiger partial charge in [0.05, 0.1) is 11.3 Å². The number of carbonyl (C=O) groups is 2.